The number of para-hydroxylation sites is 1. The fourth-order valence-corrected chi connectivity index (χ4v) is 3.17. The average Bonchev–Trinajstić information content (AvgIpc) is 3.22. The first-order chi connectivity index (χ1) is 13.4. The van der Waals surface area contributed by atoms with Gasteiger partial charge in [-0.1, -0.05) is 18.2 Å². The summed E-state index contributed by atoms with van der Waals surface area (Å²) >= 11 is 3.23. The van der Waals surface area contributed by atoms with Gasteiger partial charge in [0.15, 0.2) is 6.61 Å². The van der Waals surface area contributed by atoms with Gasteiger partial charge in [-0.05, 0) is 53.5 Å². The van der Waals surface area contributed by atoms with E-state index in [9.17, 15) is 14.9 Å². The topological polar surface area (TPSA) is 99.9 Å². The highest BCUT2D eigenvalue weighted by atomic mass is 79.9. The number of nitrogens with one attached hydrogen (secondary N) is 2. The minimum Gasteiger partial charge on any atom is -0.451 e. The molecule has 2 heterocycles. The molecule has 0 unspecified atom stereocenters. The van der Waals surface area contributed by atoms with Gasteiger partial charge in [-0.15, -0.1) is 0 Å². The summed E-state index contributed by atoms with van der Waals surface area (Å²) in [5, 5.41) is 12.3. The molecule has 0 fully saturated rings. The molecule has 0 spiro atoms. The van der Waals surface area contributed by atoms with Crippen molar-refractivity contribution in [3.05, 3.63) is 69.6 Å². The standard InChI is InChI=1S/C20H17BrN4O3/c1-12-13(2)25(15-6-4-3-5-7-15)19(16(12)9-22)24-18(26)11-28-20(27)17-8-14(21)10-23-17/h3-8,10,23H,11H2,1-2H3,(H,24,26). The van der Waals surface area contributed by atoms with Crippen molar-refractivity contribution in [3.8, 4) is 11.8 Å². The molecule has 8 heteroatoms. The van der Waals surface area contributed by atoms with Gasteiger partial charge in [0.2, 0.25) is 0 Å². The van der Waals surface area contributed by atoms with Crippen LogP contribution >= 0.6 is 15.9 Å². The molecule has 0 aliphatic heterocycles. The highest BCUT2D eigenvalue weighted by Gasteiger charge is 2.21. The molecular formula is C20H17BrN4O3. The number of nitriles is 1. The zero-order valence-electron chi connectivity index (χ0n) is 15.2. The number of amides is 1. The molecule has 0 atom stereocenters. The lowest BCUT2D eigenvalue weighted by atomic mass is 10.2. The Morgan fingerprint density at radius 1 is 1.29 bits per heavy atom. The van der Waals surface area contributed by atoms with Crippen molar-refractivity contribution < 1.29 is 14.3 Å². The summed E-state index contributed by atoms with van der Waals surface area (Å²) in [4.78, 5) is 27.1. The summed E-state index contributed by atoms with van der Waals surface area (Å²) in [7, 11) is 0. The molecular weight excluding hydrogens is 424 g/mol. The number of rotatable bonds is 5. The van der Waals surface area contributed by atoms with E-state index >= 15 is 0 Å². The highest BCUT2D eigenvalue weighted by molar-refractivity contribution is 9.10. The second-order valence-electron chi connectivity index (χ2n) is 6.07. The van der Waals surface area contributed by atoms with E-state index in [1.54, 1.807) is 16.8 Å². The summed E-state index contributed by atoms with van der Waals surface area (Å²) in [5.74, 6) is -0.829. The zero-order chi connectivity index (χ0) is 20.3. The van der Waals surface area contributed by atoms with Crippen LogP contribution in [0.4, 0.5) is 5.82 Å². The van der Waals surface area contributed by atoms with Crippen LogP contribution in [0.3, 0.4) is 0 Å². The third-order valence-corrected chi connectivity index (χ3v) is 4.76. The fourth-order valence-electron chi connectivity index (χ4n) is 2.82. The fraction of sp³-hybridized carbons (Fsp3) is 0.150. The number of halogens is 1. The van der Waals surface area contributed by atoms with Crippen LogP contribution in [0.15, 0.2) is 47.1 Å². The lowest BCUT2D eigenvalue weighted by Crippen LogP contribution is -2.23. The molecule has 0 saturated carbocycles. The predicted molar refractivity (Wildman–Crippen MR) is 107 cm³/mol. The lowest BCUT2D eigenvalue weighted by molar-refractivity contribution is -0.119. The van der Waals surface area contributed by atoms with Gasteiger partial charge in [0.05, 0.1) is 5.56 Å². The number of carbonyl (C=O) groups excluding carboxylic acids is 2. The SMILES string of the molecule is Cc1c(C#N)c(NC(=O)COC(=O)c2cc(Br)c[nH]2)n(-c2ccccc2)c1C. The van der Waals surface area contributed by atoms with Crippen LogP contribution in [-0.2, 0) is 9.53 Å². The largest absolute Gasteiger partial charge is 0.451 e. The molecule has 0 aliphatic rings. The molecule has 2 N–H and O–H groups in total. The Bertz CT molecular complexity index is 1080. The number of ether oxygens (including phenoxy) is 1. The Kier molecular flexibility index (Phi) is 5.66. The Hall–Kier alpha value is -3.31. The van der Waals surface area contributed by atoms with E-state index in [2.05, 4.69) is 32.3 Å². The second-order valence-corrected chi connectivity index (χ2v) is 6.99. The molecule has 1 aromatic carbocycles. The molecule has 0 aliphatic carbocycles. The monoisotopic (exact) mass is 440 g/mol. The van der Waals surface area contributed by atoms with Crippen molar-refractivity contribution in [1.29, 1.82) is 5.26 Å². The minimum atomic E-state index is -0.646. The molecule has 7 nitrogen and oxygen atoms in total. The van der Waals surface area contributed by atoms with Crippen LogP contribution in [0.25, 0.3) is 5.69 Å². The summed E-state index contributed by atoms with van der Waals surface area (Å²) in [5.41, 5.74) is 3.03. The van der Waals surface area contributed by atoms with Crippen molar-refractivity contribution in [3.63, 3.8) is 0 Å². The molecule has 28 heavy (non-hydrogen) atoms. The van der Waals surface area contributed by atoms with E-state index in [4.69, 9.17) is 4.74 Å². The maximum Gasteiger partial charge on any atom is 0.355 e. The summed E-state index contributed by atoms with van der Waals surface area (Å²) in [6.07, 6.45) is 1.59. The van der Waals surface area contributed by atoms with E-state index in [1.165, 1.54) is 0 Å². The summed E-state index contributed by atoms with van der Waals surface area (Å²) in [6, 6.07) is 13.1. The van der Waals surface area contributed by atoms with E-state index in [1.807, 2.05) is 44.2 Å². The molecule has 1 amide bonds. The van der Waals surface area contributed by atoms with Crippen LogP contribution < -0.4 is 5.32 Å². The summed E-state index contributed by atoms with van der Waals surface area (Å²) in [6.45, 7) is 3.23. The third kappa shape index (κ3) is 3.85. The van der Waals surface area contributed by atoms with Gasteiger partial charge in [0.25, 0.3) is 5.91 Å². The number of H-pyrrole nitrogens is 1. The number of aromatic amines is 1. The van der Waals surface area contributed by atoms with Crippen molar-refractivity contribution in [2.45, 2.75) is 13.8 Å². The first-order valence-corrected chi connectivity index (χ1v) is 9.20. The van der Waals surface area contributed by atoms with Gasteiger partial charge in [-0.2, -0.15) is 5.26 Å². The number of benzene rings is 1. The molecule has 0 saturated heterocycles. The summed E-state index contributed by atoms with van der Waals surface area (Å²) < 4.78 is 7.54. The van der Waals surface area contributed by atoms with Gasteiger partial charge in [-0.3, -0.25) is 9.36 Å². The number of aromatic nitrogens is 2. The molecule has 2 aromatic heterocycles. The lowest BCUT2D eigenvalue weighted by Gasteiger charge is -2.13. The molecule has 3 aromatic rings. The number of nitrogens with zero attached hydrogens (tertiary/aromatic N) is 2. The number of hydrogen-bond acceptors (Lipinski definition) is 4. The number of anilines is 1. The van der Waals surface area contributed by atoms with Crippen molar-refractivity contribution in [1.82, 2.24) is 9.55 Å². The molecule has 3 rings (SSSR count). The van der Waals surface area contributed by atoms with Gasteiger partial charge < -0.3 is 15.0 Å². The highest BCUT2D eigenvalue weighted by Crippen LogP contribution is 2.29. The van der Waals surface area contributed by atoms with Crippen molar-refractivity contribution in [2.24, 2.45) is 0 Å². The smallest absolute Gasteiger partial charge is 0.355 e. The van der Waals surface area contributed by atoms with E-state index < -0.39 is 18.5 Å². The van der Waals surface area contributed by atoms with Crippen LogP contribution in [0.2, 0.25) is 0 Å². The Balaban J connectivity index is 1.81. The van der Waals surface area contributed by atoms with E-state index in [0.717, 1.165) is 16.9 Å². The Morgan fingerprint density at radius 2 is 2.00 bits per heavy atom. The van der Waals surface area contributed by atoms with Gasteiger partial charge >= 0.3 is 5.97 Å². The quantitative estimate of drug-likeness (QED) is 0.588. The zero-order valence-corrected chi connectivity index (χ0v) is 16.8. The number of carbonyl (C=O) groups is 2. The first-order valence-electron chi connectivity index (χ1n) is 8.40. The van der Waals surface area contributed by atoms with Crippen LogP contribution in [0.1, 0.15) is 27.3 Å². The van der Waals surface area contributed by atoms with Crippen molar-refractivity contribution in [2.75, 3.05) is 11.9 Å². The Morgan fingerprint density at radius 3 is 2.61 bits per heavy atom. The second kappa shape index (κ2) is 8.15. The predicted octanol–water partition coefficient (Wildman–Crippen LogP) is 3.85. The Labute approximate surface area is 170 Å². The van der Waals surface area contributed by atoms with Gasteiger partial charge in [0.1, 0.15) is 17.6 Å². The van der Waals surface area contributed by atoms with E-state index in [0.29, 0.717) is 15.9 Å². The molecule has 0 bridgehead atoms. The number of hydrogen-bond donors (Lipinski definition) is 2. The average molecular weight is 441 g/mol. The first kappa shape index (κ1) is 19.5. The molecule has 142 valence electrons. The maximum atomic E-state index is 12.4. The van der Waals surface area contributed by atoms with E-state index in [-0.39, 0.29) is 5.69 Å². The van der Waals surface area contributed by atoms with Crippen LogP contribution in [0.5, 0.6) is 0 Å². The number of esters is 1. The third-order valence-electron chi connectivity index (χ3n) is 4.30. The normalized spacial score (nSPS) is 10.4. The van der Waals surface area contributed by atoms with Gasteiger partial charge in [-0.25, -0.2) is 4.79 Å². The van der Waals surface area contributed by atoms with Crippen LogP contribution in [-0.4, -0.2) is 28.0 Å². The molecule has 0 radical (unpaired) electrons. The maximum absolute atomic E-state index is 12.4. The minimum absolute atomic E-state index is 0.233. The van der Waals surface area contributed by atoms with Crippen molar-refractivity contribution >= 4 is 33.6 Å². The van der Waals surface area contributed by atoms with Gasteiger partial charge in [0, 0.05) is 22.1 Å². The van der Waals surface area contributed by atoms with Crippen LogP contribution in [0, 0.1) is 25.2 Å².